The lowest BCUT2D eigenvalue weighted by Crippen LogP contribution is -2.31. The molecule has 6 nitrogen and oxygen atoms in total. The standard InChI is InChI=1S/C32H40N2O4/c1-31(2,3)24-16-21(17-25(29(24)35)32(4,5)6)12-14-23-10-8-9-11-26(23)33-30(36)34(7)19-22-13-15-27-28(18-22)38-20-37-27/h8-11,13,15-18,35H,12,14,19-20H2,1-7H3,(H,33,36). The summed E-state index contributed by atoms with van der Waals surface area (Å²) < 4.78 is 10.8. The molecule has 0 aliphatic carbocycles. The van der Waals surface area contributed by atoms with Crippen LogP contribution in [0.5, 0.6) is 17.2 Å². The number of aryl methyl sites for hydroxylation is 2. The second-order valence-electron chi connectivity index (χ2n) is 12.2. The first-order valence-corrected chi connectivity index (χ1v) is 13.2. The minimum Gasteiger partial charge on any atom is -0.507 e. The van der Waals surface area contributed by atoms with E-state index in [1.54, 1.807) is 11.9 Å². The number of benzene rings is 3. The molecule has 0 atom stereocenters. The van der Waals surface area contributed by atoms with Gasteiger partial charge in [0.15, 0.2) is 11.5 Å². The maximum absolute atomic E-state index is 13.1. The van der Waals surface area contributed by atoms with Crippen molar-refractivity contribution in [2.45, 2.75) is 71.8 Å². The number of hydrogen-bond donors (Lipinski definition) is 2. The van der Waals surface area contributed by atoms with Crippen LogP contribution in [0.3, 0.4) is 0 Å². The van der Waals surface area contributed by atoms with Gasteiger partial charge in [-0.2, -0.15) is 0 Å². The molecule has 1 aliphatic rings. The van der Waals surface area contributed by atoms with Gasteiger partial charge >= 0.3 is 6.03 Å². The Labute approximate surface area is 226 Å². The van der Waals surface area contributed by atoms with Crippen molar-refractivity contribution in [3.05, 3.63) is 82.4 Å². The van der Waals surface area contributed by atoms with Crippen LogP contribution in [0.2, 0.25) is 0 Å². The highest BCUT2D eigenvalue weighted by Gasteiger charge is 2.26. The molecule has 38 heavy (non-hydrogen) atoms. The summed E-state index contributed by atoms with van der Waals surface area (Å²) in [7, 11) is 1.78. The molecule has 0 fully saturated rings. The van der Waals surface area contributed by atoms with Crippen LogP contribution in [0.25, 0.3) is 0 Å². The van der Waals surface area contributed by atoms with Gasteiger partial charge in [0.1, 0.15) is 5.75 Å². The minimum absolute atomic E-state index is 0.172. The summed E-state index contributed by atoms with van der Waals surface area (Å²) in [5.41, 5.74) is 5.61. The van der Waals surface area contributed by atoms with Gasteiger partial charge in [0.05, 0.1) is 0 Å². The van der Waals surface area contributed by atoms with E-state index >= 15 is 0 Å². The maximum Gasteiger partial charge on any atom is 0.321 e. The molecular formula is C32H40N2O4. The van der Waals surface area contributed by atoms with Crippen LogP contribution in [0.1, 0.15) is 69.4 Å². The number of fused-ring (bicyclic) bond motifs is 1. The Balaban J connectivity index is 1.48. The molecule has 0 spiro atoms. The number of hydrogen-bond acceptors (Lipinski definition) is 4. The van der Waals surface area contributed by atoms with E-state index in [0.717, 1.165) is 46.5 Å². The first-order valence-electron chi connectivity index (χ1n) is 13.2. The Kier molecular flexibility index (Phi) is 7.63. The molecule has 2 N–H and O–H groups in total. The Morgan fingerprint density at radius 1 is 0.868 bits per heavy atom. The minimum atomic E-state index is -0.176. The molecule has 0 aromatic heterocycles. The fraction of sp³-hybridized carbons (Fsp3) is 0.406. The van der Waals surface area contributed by atoms with Gasteiger partial charge in [-0.05, 0) is 69.7 Å². The van der Waals surface area contributed by atoms with Crippen LogP contribution in [0.4, 0.5) is 10.5 Å². The first kappa shape index (κ1) is 27.4. The molecule has 0 unspecified atom stereocenters. The molecule has 3 aromatic carbocycles. The van der Waals surface area contributed by atoms with Crippen LogP contribution >= 0.6 is 0 Å². The van der Waals surface area contributed by atoms with Gasteiger partial charge < -0.3 is 24.8 Å². The van der Waals surface area contributed by atoms with E-state index in [-0.39, 0.29) is 23.7 Å². The van der Waals surface area contributed by atoms with Crippen molar-refractivity contribution in [2.24, 2.45) is 0 Å². The fourth-order valence-corrected chi connectivity index (χ4v) is 4.72. The number of carbonyl (C=O) groups is 1. The quantitative estimate of drug-likeness (QED) is 0.364. The van der Waals surface area contributed by atoms with E-state index in [1.807, 2.05) is 36.4 Å². The predicted octanol–water partition coefficient (Wildman–Crippen LogP) is 7.17. The fourth-order valence-electron chi connectivity index (χ4n) is 4.72. The number of para-hydroxylation sites is 1. The highest BCUT2D eigenvalue weighted by atomic mass is 16.7. The van der Waals surface area contributed by atoms with Gasteiger partial charge in [0.25, 0.3) is 0 Å². The van der Waals surface area contributed by atoms with E-state index in [4.69, 9.17) is 9.47 Å². The van der Waals surface area contributed by atoms with Crippen LogP contribution in [-0.4, -0.2) is 29.9 Å². The van der Waals surface area contributed by atoms with Crippen molar-refractivity contribution in [1.29, 1.82) is 0 Å². The molecular weight excluding hydrogens is 476 g/mol. The third kappa shape index (κ3) is 6.24. The van der Waals surface area contributed by atoms with Gasteiger partial charge in [0.2, 0.25) is 6.79 Å². The van der Waals surface area contributed by atoms with Gasteiger partial charge in [0, 0.05) is 19.3 Å². The van der Waals surface area contributed by atoms with Crippen LogP contribution < -0.4 is 14.8 Å². The highest BCUT2D eigenvalue weighted by Crippen LogP contribution is 2.40. The molecule has 3 aromatic rings. The number of aromatic hydroxyl groups is 1. The third-order valence-electron chi connectivity index (χ3n) is 6.93. The van der Waals surface area contributed by atoms with Crippen LogP contribution in [0, 0.1) is 0 Å². The van der Waals surface area contributed by atoms with Crippen molar-refractivity contribution in [3.8, 4) is 17.2 Å². The van der Waals surface area contributed by atoms with Crippen molar-refractivity contribution in [2.75, 3.05) is 19.2 Å². The van der Waals surface area contributed by atoms with Gasteiger partial charge in [-0.1, -0.05) is 77.9 Å². The second kappa shape index (κ2) is 10.6. The second-order valence-corrected chi connectivity index (χ2v) is 12.2. The van der Waals surface area contributed by atoms with Crippen molar-refractivity contribution in [3.63, 3.8) is 0 Å². The summed E-state index contributed by atoms with van der Waals surface area (Å²) in [6.07, 6.45) is 1.56. The Bertz CT molecular complexity index is 1280. The lowest BCUT2D eigenvalue weighted by Gasteiger charge is -2.28. The summed E-state index contributed by atoms with van der Waals surface area (Å²) in [6, 6.07) is 17.8. The number of rotatable bonds is 6. The number of nitrogens with one attached hydrogen (secondary N) is 1. The average molecular weight is 517 g/mol. The molecule has 0 bridgehead atoms. The highest BCUT2D eigenvalue weighted by molar-refractivity contribution is 5.90. The SMILES string of the molecule is CN(Cc1ccc2c(c1)OCO2)C(=O)Nc1ccccc1CCc1cc(C(C)(C)C)c(O)c(C(C)(C)C)c1. The van der Waals surface area contributed by atoms with Crippen molar-refractivity contribution < 1.29 is 19.4 Å². The monoisotopic (exact) mass is 516 g/mol. The van der Waals surface area contributed by atoms with Gasteiger partial charge in [-0.3, -0.25) is 0 Å². The Morgan fingerprint density at radius 2 is 1.50 bits per heavy atom. The van der Waals surface area contributed by atoms with Gasteiger partial charge in [-0.25, -0.2) is 4.79 Å². The summed E-state index contributed by atoms with van der Waals surface area (Å²) in [5.74, 6) is 1.83. The molecule has 0 saturated heterocycles. The van der Waals surface area contributed by atoms with Crippen LogP contribution in [0.15, 0.2) is 54.6 Å². The van der Waals surface area contributed by atoms with E-state index in [2.05, 4.69) is 65.1 Å². The summed E-state index contributed by atoms with van der Waals surface area (Å²) in [4.78, 5) is 14.7. The Hall–Kier alpha value is -3.67. The topological polar surface area (TPSA) is 71.0 Å². The van der Waals surface area contributed by atoms with Crippen molar-refractivity contribution in [1.82, 2.24) is 4.90 Å². The lowest BCUT2D eigenvalue weighted by molar-refractivity contribution is 0.174. The number of urea groups is 1. The summed E-state index contributed by atoms with van der Waals surface area (Å²) in [6.45, 7) is 13.4. The largest absolute Gasteiger partial charge is 0.507 e. The average Bonchev–Trinajstić information content (AvgIpc) is 3.30. The van der Waals surface area contributed by atoms with E-state index in [9.17, 15) is 9.90 Å². The zero-order valence-corrected chi connectivity index (χ0v) is 23.6. The molecule has 202 valence electrons. The zero-order valence-electron chi connectivity index (χ0n) is 23.6. The van der Waals surface area contributed by atoms with Gasteiger partial charge in [-0.15, -0.1) is 0 Å². The maximum atomic E-state index is 13.1. The van der Waals surface area contributed by atoms with Crippen molar-refractivity contribution >= 4 is 11.7 Å². The molecule has 6 heteroatoms. The number of ether oxygens (including phenoxy) is 2. The Morgan fingerprint density at radius 3 is 2.16 bits per heavy atom. The lowest BCUT2D eigenvalue weighted by atomic mass is 9.78. The van der Waals surface area contributed by atoms with E-state index < -0.39 is 0 Å². The number of amides is 2. The summed E-state index contributed by atoms with van der Waals surface area (Å²) in [5, 5.41) is 14.1. The molecule has 1 heterocycles. The molecule has 4 rings (SSSR count). The smallest absolute Gasteiger partial charge is 0.321 e. The predicted molar refractivity (Wildman–Crippen MR) is 152 cm³/mol. The first-order chi connectivity index (χ1) is 17.8. The zero-order chi connectivity index (χ0) is 27.7. The third-order valence-corrected chi connectivity index (χ3v) is 6.93. The van der Waals surface area contributed by atoms with Crippen LogP contribution in [-0.2, 0) is 30.2 Å². The molecule has 2 amide bonds. The normalized spacial score (nSPS) is 12.9. The number of phenols is 1. The molecule has 1 aliphatic heterocycles. The number of carbonyl (C=O) groups excluding carboxylic acids is 1. The van der Waals surface area contributed by atoms with E-state index in [1.165, 1.54) is 5.56 Å². The number of phenolic OH excluding ortho intramolecular Hbond substituents is 1. The van der Waals surface area contributed by atoms with E-state index in [0.29, 0.717) is 18.0 Å². The molecule has 0 radical (unpaired) electrons. The summed E-state index contributed by atoms with van der Waals surface area (Å²) >= 11 is 0. The number of anilines is 1. The molecule has 0 saturated carbocycles. The number of nitrogens with zero attached hydrogens (tertiary/aromatic N) is 1.